The molecule has 0 spiro atoms. The number of rotatable bonds is 3. The Bertz CT molecular complexity index is 371. The molecule has 1 aromatic rings. The number of aryl methyl sites for hydroxylation is 1. The number of hydrogen-bond acceptors (Lipinski definition) is 3. The molecule has 0 aliphatic heterocycles. The first kappa shape index (κ1) is 10.7. The van der Waals surface area contributed by atoms with E-state index in [1.165, 1.54) is 7.11 Å². The van der Waals surface area contributed by atoms with Crippen LogP contribution in [0.4, 0.5) is 0 Å². The fourth-order valence-electron chi connectivity index (χ4n) is 1.13. The predicted molar refractivity (Wildman–Crippen MR) is 53.6 cm³/mol. The Morgan fingerprint density at radius 3 is 2.86 bits per heavy atom. The highest BCUT2D eigenvalue weighted by Crippen LogP contribution is 2.35. The Hall–Kier alpha value is -1.40. The van der Waals surface area contributed by atoms with Gasteiger partial charge in [0.25, 0.3) is 0 Å². The van der Waals surface area contributed by atoms with Gasteiger partial charge in [0.05, 0.1) is 18.2 Å². The average Bonchev–Trinajstić information content (AvgIpc) is 2.19. The van der Waals surface area contributed by atoms with Crippen molar-refractivity contribution in [2.45, 2.75) is 12.8 Å². The minimum absolute atomic E-state index is 0.0603. The molecule has 0 radical (unpaired) electrons. The fourth-order valence-corrected chi connectivity index (χ4v) is 1.36. The number of phenolic OH excluding ortho intramolecular Hbond substituents is 1. The van der Waals surface area contributed by atoms with E-state index in [1.54, 1.807) is 12.1 Å². The van der Waals surface area contributed by atoms with Crippen molar-refractivity contribution in [1.82, 2.24) is 0 Å². The van der Waals surface area contributed by atoms with Gasteiger partial charge in [0.2, 0.25) is 0 Å². The lowest BCUT2D eigenvalue weighted by molar-refractivity contribution is 0.373. The van der Waals surface area contributed by atoms with Crippen LogP contribution in [0.15, 0.2) is 12.1 Å². The molecule has 0 aliphatic rings. The molecule has 0 saturated heterocycles. The standard InChI is InChI=1S/C10H10ClNO2/c1-14-9-6-7(3-2-4-12)5-8(11)10(9)13/h5-6,13H,2-3H2,1H3. The van der Waals surface area contributed by atoms with E-state index in [1.807, 2.05) is 6.07 Å². The van der Waals surface area contributed by atoms with Crippen molar-refractivity contribution in [3.05, 3.63) is 22.7 Å². The molecule has 14 heavy (non-hydrogen) atoms. The number of methoxy groups -OCH3 is 1. The van der Waals surface area contributed by atoms with Gasteiger partial charge >= 0.3 is 0 Å². The van der Waals surface area contributed by atoms with Crippen molar-refractivity contribution >= 4 is 11.6 Å². The summed E-state index contributed by atoms with van der Waals surface area (Å²) in [5.41, 5.74) is 0.881. The first-order valence-corrected chi connectivity index (χ1v) is 4.49. The maximum atomic E-state index is 9.43. The van der Waals surface area contributed by atoms with Gasteiger partial charge < -0.3 is 9.84 Å². The summed E-state index contributed by atoms with van der Waals surface area (Å²) in [6, 6.07) is 5.36. The summed E-state index contributed by atoms with van der Waals surface area (Å²) in [5, 5.41) is 18.1. The Balaban J connectivity index is 2.98. The Morgan fingerprint density at radius 1 is 1.57 bits per heavy atom. The minimum atomic E-state index is -0.0603. The van der Waals surface area contributed by atoms with Gasteiger partial charge in [-0.25, -0.2) is 0 Å². The summed E-state index contributed by atoms with van der Waals surface area (Å²) >= 11 is 5.76. The highest BCUT2D eigenvalue weighted by Gasteiger charge is 2.08. The number of benzene rings is 1. The first-order valence-electron chi connectivity index (χ1n) is 4.11. The summed E-state index contributed by atoms with van der Waals surface area (Å²) in [5.74, 6) is 0.278. The molecule has 3 nitrogen and oxygen atoms in total. The van der Waals surface area contributed by atoms with Crippen LogP contribution in [-0.4, -0.2) is 12.2 Å². The number of aromatic hydroxyl groups is 1. The summed E-state index contributed by atoms with van der Waals surface area (Å²) in [7, 11) is 1.46. The molecule has 0 aliphatic carbocycles. The summed E-state index contributed by atoms with van der Waals surface area (Å²) in [6.45, 7) is 0. The maximum Gasteiger partial charge on any atom is 0.176 e. The second-order valence-corrected chi connectivity index (χ2v) is 3.19. The molecule has 0 heterocycles. The molecule has 0 bridgehead atoms. The maximum absolute atomic E-state index is 9.43. The quantitative estimate of drug-likeness (QED) is 0.836. The largest absolute Gasteiger partial charge is 0.503 e. The van der Waals surface area contributed by atoms with E-state index in [2.05, 4.69) is 0 Å². The highest BCUT2D eigenvalue weighted by molar-refractivity contribution is 6.32. The zero-order valence-electron chi connectivity index (χ0n) is 7.75. The van der Waals surface area contributed by atoms with E-state index < -0.39 is 0 Å². The normalized spacial score (nSPS) is 9.50. The lowest BCUT2D eigenvalue weighted by atomic mass is 10.1. The molecule has 4 heteroatoms. The second kappa shape index (κ2) is 4.73. The van der Waals surface area contributed by atoms with Crippen LogP contribution < -0.4 is 4.74 Å². The average molecular weight is 212 g/mol. The first-order chi connectivity index (χ1) is 6.69. The van der Waals surface area contributed by atoms with Crippen LogP contribution in [0.2, 0.25) is 5.02 Å². The van der Waals surface area contributed by atoms with E-state index in [9.17, 15) is 5.11 Å². The minimum Gasteiger partial charge on any atom is -0.503 e. The van der Waals surface area contributed by atoms with Crippen molar-refractivity contribution in [2.75, 3.05) is 7.11 Å². The Labute approximate surface area is 87.5 Å². The van der Waals surface area contributed by atoms with E-state index in [0.717, 1.165) is 5.56 Å². The molecule has 0 aromatic heterocycles. The Morgan fingerprint density at radius 2 is 2.29 bits per heavy atom. The predicted octanol–water partition coefficient (Wildman–Crippen LogP) is 2.51. The zero-order valence-corrected chi connectivity index (χ0v) is 8.51. The number of phenols is 1. The third-order valence-corrected chi connectivity index (χ3v) is 2.12. The van der Waals surface area contributed by atoms with Gasteiger partial charge in [-0.1, -0.05) is 11.6 Å². The number of nitrogens with zero attached hydrogens (tertiary/aromatic N) is 1. The third-order valence-electron chi connectivity index (χ3n) is 1.83. The van der Waals surface area contributed by atoms with Gasteiger partial charge in [0.15, 0.2) is 11.5 Å². The molecule has 1 aromatic carbocycles. The molecule has 0 unspecified atom stereocenters. The van der Waals surface area contributed by atoms with Crippen molar-refractivity contribution in [1.29, 1.82) is 5.26 Å². The van der Waals surface area contributed by atoms with Gasteiger partial charge in [-0.05, 0) is 24.1 Å². The molecular weight excluding hydrogens is 202 g/mol. The van der Waals surface area contributed by atoms with Crippen LogP contribution in [0, 0.1) is 11.3 Å². The van der Waals surface area contributed by atoms with Crippen LogP contribution in [0.25, 0.3) is 0 Å². The van der Waals surface area contributed by atoms with Gasteiger partial charge in [-0.2, -0.15) is 5.26 Å². The fraction of sp³-hybridized carbons (Fsp3) is 0.300. The van der Waals surface area contributed by atoms with Crippen molar-refractivity contribution < 1.29 is 9.84 Å². The van der Waals surface area contributed by atoms with Crippen LogP contribution in [0.3, 0.4) is 0 Å². The molecule has 1 rings (SSSR count). The van der Waals surface area contributed by atoms with Crippen molar-refractivity contribution in [3.8, 4) is 17.6 Å². The third kappa shape index (κ3) is 2.30. The van der Waals surface area contributed by atoms with Crippen LogP contribution >= 0.6 is 11.6 Å². The molecule has 74 valence electrons. The van der Waals surface area contributed by atoms with E-state index in [-0.39, 0.29) is 10.8 Å². The lowest BCUT2D eigenvalue weighted by Gasteiger charge is -2.07. The molecule has 1 N–H and O–H groups in total. The van der Waals surface area contributed by atoms with E-state index in [4.69, 9.17) is 21.6 Å². The summed E-state index contributed by atoms with van der Waals surface area (Å²) < 4.78 is 4.93. The van der Waals surface area contributed by atoms with E-state index >= 15 is 0 Å². The second-order valence-electron chi connectivity index (χ2n) is 2.79. The summed E-state index contributed by atoms with van der Waals surface area (Å²) in [4.78, 5) is 0. The molecule has 0 saturated carbocycles. The van der Waals surface area contributed by atoms with Gasteiger partial charge in [-0.15, -0.1) is 0 Å². The highest BCUT2D eigenvalue weighted by atomic mass is 35.5. The Kier molecular flexibility index (Phi) is 3.61. The number of nitriles is 1. The molecule has 0 amide bonds. The number of ether oxygens (including phenoxy) is 1. The van der Waals surface area contributed by atoms with Gasteiger partial charge in [0, 0.05) is 6.42 Å². The molecule has 0 fully saturated rings. The lowest BCUT2D eigenvalue weighted by Crippen LogP contribution is -1.89. The zero-order chi connectivity index (χ0) is 10.6. The van der Waals surface area contributed by atoms with Crippen molar-refractivity contribution in [2.24, 2.45) is 0 Å². The molecule has 0 atom stereocenters. The van der Waals surface area contributed by atoms with Crippen LogP contribution in [-0.2, 0) is 6.42 Å². The van der Waals surface area contributed by atoms with Gasteiger partial charge in [0.1, 0.15) is 0 Å². The SMILES string of the molecule is COc1cc(CCC#N)cc(Cl)c1O. The number of halogens is 1. The smallest absolute Gasteiger partial charge is 0.176 e. The summed E-state index contributed by atoms with van der Waals surface area (Å²) in [6.07, 6.45) is 1.02. The monoisotopic (exact) mass is 211 g/mol. The molecular formula is C10H10ClNO2. The van der Waals surface area contributed by atoms with E-state index in [0.29, 0.717) is 18.6 Å². The number of hydrogen-bond donors (Lipinski definition) is 1. The van der Waals surface area contributed by atoms with Crippen molar-refractivity contribution in [3.63, 3.8) is 0 Å². The van der Waals surface area contributed by atoms with Gasteiger partial charge in [-0.3, -0.25) is 0 Å². The van der Waals surface area contributed by atoms with Crippen LogP contribution in [0.5, 0.6) is 11.5 Å². The van der Waals surface area contributed by atoms with Crippen LogP contribution in [0.1, 0.15) is 12.0 Å². The topological polar surface area (TPSA) is 53.2 Å².